The number of hydrogen-bond donors (Lipinski definition) is 2. The predicted octanol–water partition coefficient (Wildman–Crippen LogP) is 5.45. The molecule has 0 unspecified atom stereocenters. The molecule has 2 amide bonds. The molecule has 2 N–H and O–H groups in total. The molecule has 1 heterocycles. The first kappa shape index (κ1) is 36.3. The van der Waals surface area contributed by atoms with Gasteiger partial charge in [0.1, 0.15) is 5.75 Å². The molecule has 3 aromatic carbocycles. The first-order valence-electron chi connectivity index (χ1n) is 16.5. The second-order valence-corrected chi connectivity index (χ2v) is 14.5. The van der Waals surface area contributed by atoms with Gasteiger partial charge in [-0.1, -0.05) is 66.9 Å². The summed E-state index contributed by atoms with van der Waals surface area (Å²) in [6.07, 6.45) is 4.70. The summed E-state index contributed by atoms with van der Waals surface area (Å²) in [4.78, 5) is 47.4. The first-order chi connectivity index (χ1) is 23.6. The molecule has 1 aliphatic heterocycles. The lowest BCUT2D eigenvalue weighted by Gasteiger charge is -2.49. The van der Waals surface area contributed by atoms with Crippen LogP contribution in [0.1, 0.15) is 84.5 Å². The number of benzene rings is 3. The molecule has 5 rings (SSSR count). The second kappa shape index (κ2) is 16.6. The Morgan fingerprint density at radius 3 is 2.41 bits per heavy atom. The molecule has 1 saturated carbocycles. The number of amides is 2. The SMILES string of the molecule is CCOC(=O)CCCOc1ccc(CONC(=O)[C@@H]2c3ccccc3C(=O)N([C@H]3CCCC[C@@H]3NS(C)(=O)=O)[C@H]2c2ccc(Cl)cc2)cc1. The molecule has 11 nitrogen and oxygen atoms in total. The summed E-state index contributed by atoms with van der Waals surface area (Å²) in [7, 11) is -3.57. The lowest BCUT2D eigenvalue weighted by molar-refractivity contribution is -0.143. The molecular weight excluding hydrogens is 670 g/mol. The van der Waals surface area contributed by atoms with Gasteiger partial charge in [-0.05, 0) is 73.2 Å². The van der Waals surface area contributed by atoms with E-state index in [1.54, 1.807) is 72.5 Å². The van der Waals surface area contributed by atoms with Gasteiger partial charge >= 0.3 is 5.97 Å². The van der Waals surface area contributed by atoms with Crippen molar-refractivity contribution in [1.29, 1.82) is 0 Å². The van der Waals surface area contributed by atoms with Crippen molar-refractivity contribution < 1.29 is 37.1 Å². The van der Waals surface area contributed by atoms with Gasteiger partial charge in [-0.3, -0.25) is 19.2 Å². The Hall–Kier alpha value is -3.97. The Kier molecular flexibility index (Phi) is 12.3. The van der Waals surface area contributed by atoms with Crippen molar-refractivity contribution in [2.75, 3.05) is 19.5 Å². The number of ether oxygens (including phenoxy) is 2. The van der Waals surface area contributed by atoms with Gasteiger partial charge in [0.25, 0.3) is 11.8 Å². The highest BCUT2D eigenvalue weighted by Gasteiger charge is 2.49. The van der Waals surface area contributed by atoms with Crippen molar-refractivity contribution in [3.05, 3.63) is 100 Å². The van der Waals surface area contributed by atoms with Gasteiger partial charge in [0, 0.05) is 29.1 Å². The number of hydrogen-bond acceptors (Lipinski definition) is 8. The highest BCUT2D eigenvalue weighted by atomic mass is 35.5. The number of nitrogens with zero attached hydrogens (tertiary/aromatic N) is 1. The van der Waals surface area contributed by atoms with E-state index < -0.39 is 40.0 Å². The van der Waals surface area contributed by atoms with Crippen LogP contribution < -0.4 is 14.9 Å². The van der Waals surface area contributed by atoms with Crippen molar-refractivity contribution in [2.45, 2.75) is 76.1 Å². The molecule has 3 aromatic rings. The maximum atomic E-state index is 14.3. The third kappa shape index (κ3) is 9.39. The number of fused-ring (bicyclic) bond motifs is 1. The summed E-state index contributed by atoms with van der Waals surface area (Å²) in [5, 5.41) is 0.504. The normalized spacial score (nSPS) is 20.7. The minimum absolute atomic E-state index is 0.0699. The number of halogens is 1. The van der Waals surface area contributed by atoms with Crippen LogP contribution in [0, 0.1) is 0 Å². The molecule has 0 bridgehead atoms. The summed E-state index contributed by atoms with van der Waals surface area (Å²) in [6.45, 7) is 2.56. The molecule has 13 heteroatoms. The van der Waals surface area contributed by atoms with E-state index in [-0.39, 0.29) is 24.9 Å². The number of carbonyl (C=O) groups is 3. The van der Waals surface area contributed by atoms with Crippen LogP contribution in [-0.4, -0.2) is 62.7 Å². The summed E-state index contributed by atoms with van der Waals surface area (Å²) < 4.78 is 38.2. The minimum Gasteiger partial charge on any atom is -0.494 e. The van der Waals surface area contributed by atoms with E-state index in [1.165, 1.54) is 0 Å². The van der Waals surface area contributed by atoms with E-state index in [1.807, 2.05) is 12.1 Å². The minimum atomic E-state index is -3.57. The maximum Gasteiger partial charge on any atom is 0.305 e. The van der Waals surface area contributed by atoms with E-state index in [4.69, 9.17) is 25.9 Å². The van der Waals surface area contributed by atoms with Crippen LogP contribution in [-0.2, 0) is 35.8 Å². The number of carbonyl (C=O) groups excluding carboxylic acids is 3. The Bertz CT molecular complexity index is 1720. The van der Waals surface area contributed by atoms with Crippen LogP contribution in [0.15, 0.2) is 72.8 Å². The van der Waals surface area contributed by atoms with Crippen LogP contribution in [0.2, 0.25) is 5.02 Å². The number of sulfonamides is 1. The lowest BCUT2D eigenvalue weighted by atomic mass is 9.76. The molecule has 0 saturated heterocycles. The Morgan fingerprint density at radius 2 is 1.69 bits per heavy atom. The van der Waals surface area contributed by atoms with Gasteiger partial charge in [0.05, 0.1) is 38.0 Å². The summed E-state index contributed by atoms with van der Waals surface area (Å²) in [6, 6.07) is 19.5. The molecule has 0 radical (unpaired) electrons. The highest BCUT2D eigenvalue weighted by Crippen LogP contribution is 2.46. The fourth-order valence-corrected chi connectivity index (χ4v) is 7.60. The third-order valence-electron chi connectivity index (χ3n) is 8.76. The van der Waals surface area contributed by atoms with Gasteiger partial charge in [-0.25, -0.2) is 18.6 Å². The monoisotopic (exact) mass is 711 g/mol. The van der Waals surface area contributed by atoms with Crippen LogP contribution in [0.5, 0.6) is 5.75 Å². The third-order valence-corrected chi connectivity index (χ3v) is 9.74. The number of esters is 1. The summed E-state index contributed by atoms with van der Waals surface area (Å²) in [5.74, 6) is -1.21. The van der Waals surface area contributed by atoms with Crippen LogP contribution >= 0.6 is 11.6 Å². The Labute approximate surface area is 292 Å². The molecule has 4 atom stereocenters. The molecule has 0 aromatic heterocycles. The van der Waals surface area contributed by atoms with Gasteiger partial charge in [0.15, 0.2) is 0 Å². The largest absolute Gasteiger partial charge is 0.494 e. The smallest absolute Gasteiger partial charge is 0.305 e. The molecule has 1 aliphatic carbocycles. The van der Waals surface area contributed by atoms with Crippen LogP contribution in [0.3, 0.4) is 0 Å². The average molecular weight is 712 g/mol. The zero-order chi connectivity index (χ0) is 35.0. The Morgan fingerprint density at radius 1 is 0.980 bits per heavy atom. The second-order valence-electron chi connectivity index (χ2n) is 12.3. The van der Waals surface area contributed by atoms with Crippen molar-refractivity contribution in [1.82, 2.24) is 15.1 Å². The van der Waals surface area contributed by atoms with Gasteiger partial charge in [-0.15, -0.1) is 0 Å². The van der Waals surface area contributed by atoms with E-state index >= 15 is 0 Å². The number of hydroxylamine groups is 1. The average Bonchev–Trinajstić information content (AvgIpc) is 3.07. The lowest BCUT2D eigenvalue weighted by Crippen LogP contribution is -2.59. The fraction of sp³-hybridized carbons (Fsp3) is 0.417. The quantitative estimate of drug-likeness (QED) is 0.128. The molecule has 2 aliphatic rings. The summed E-state index contributed by atoms with van der Waals surface area (Å²) >= 11 is 6.25. The maximum absolute atomic E-state index is 14.3. The van der Waals surface area contributed by atoms with Crippen LogP contribution in [0.4, 0.5) is 0 Å². The van der Waals surface area contributed by atoms with Crippen LogP contribution in [0.25, 0.3) is 0 Å². The number of nitrogens with one attached hydrogen (secondary N) is 2. The predicted molar refractivity (Wildman–Crippen MR) is 184 cm³/mol. The number of rotatable bonds is 14. The van der Waals surface area contributed by atoms with Crippen molar-refractivity contribution in [2.24, 2.45) is 0 Å². The molecule has 262 valence electrons. The molecular formula is C36H42ClN3O8S. The summed E-state index contributed by atoms with van der Waals surface area (Å²) in [5.41, 5.74) is 5.04. The van der Waals surface area contributed by atoms with E-state index in [0.29, 0.717) is 59.9 Å². The standard InChI is InChI=1S/C36H42ClN3O8S/c1-3-46-32(41)13-8-22-47-27-20-14-24(15-21-27)23-48-38-35(42)33-28-9-4-5-10-29(28)36(43)40(34(33)25-16-18-26(37)19-17-25)31-12-7-6-11-30(31)39-49(2,44)45/h4-5,9-10,14-21,30-31,33-34,39H,3,6-8,11-13,22-23H2,1-2H3,(H,38,42)/t30-,31-,33+,34-/m0/s1. The zero-order valence-electron chi connectivity index (χ0n) is 27.6. The van der Waals surface area contributed by atoms with E-state index in [2.05, 4.69) is 10.2 Å². The van der Waals surface area contributed by atoms with Gasteiger partial charge < -0.3 is 14.4 Å². The Balaban J connectivity index is 1.35. The topological polar surface area (TPSA) is 140 Å². The highest BCUT2D eigenvalue weighted by molar-refractivity contribution is 7.88. The van der Waals surface area contributed by atoms with Crippen molar-refractivity contribution >= 4 is 39.4 Å². The first-order valence-corrected chi connectivity index (χ1v) is 18.8. The molecule has 1 fully saturated rings. The van der Waals surface area contributed by atoms with E-state index in [9.17, 15) is 22.8 Å². The van der Waals surface area contributed by atoms with Gasteiger partial charge in [-0.2, -0.15) is 0 Å². The molecule has 0 spiro atoms. The van der Waals surface area contributed by atoms with E-state index in [0.717, 1.165) is 24.7 Å². The fourth-order valence-electron chi connectivity index (χ4n) is 6.65. The van der Waals surface area contributed by atoms with Gasteiger partial charge in [0.2, 0.25) is 10.0 Å². The zero-order valence-corrected chi connectivity index (χ0v) is 29.2. The molecule has 49 heavy (non-hydrogen) atoms. The van der Waals surface area contributed by atoms with Crippen molar-refractivity contribution in [3.63, 3.8) is 0 Å². The van der Waals surface area contributed by atoms with Crippen molar-refractivity contribution in [3.8, 4) is 5.75 Å².